The molecule has 0 unspecified atom stereocenters. The van der Waals surface area contributed by atoms with Crippen molar-refractivity contribution in [2.24, 2.45) is 4.99 Å². The van der Waals surface area contributed by atoms with Crippen LogP contribution in [0, 0.1) is 22.9 Å². The maximum atomic E-state index is 13.0. The van der Waals surface area contributed by atoms with Crippen LogP contribution in [0.5, 0.6) is 0 Å². The van der Waals surface area contributed by atoms with E-state index in [1.807, 2.05) is 0 Å². The van der Waals surface area contributed by atoms with E-state index in [4.69, 9.17) is 0 Å². The molecule has 0 aliphatic rings. The van der Waals surface area contributed by atoms with Crippen LogP contribution in [0.25, 0.3) is 0 Å². The lowest BCUT2D eigenvalue weighted by Gasteiger charge is -1.98. The molecule has 0 aliphatic carbocycles. The summed E-state index contributed by atoms with van der Waals surface area (Å²) in [4.78, 5) is 22.6. The summed E-state index contributed by atoms with van der Waals surface area (Å²) >= 11 is 0. The monoisotopic (exact) mass is 196 g/mol. The topological polar surface area (TPSA) is 72.6 Å². The number of hydrogen-bond acceptors (Lipinski definition) is 4. The number of aliphatic imine (C=N–C) groups is 1. The highest BCUT2D eigenvalue weighted by molar-refractivity contribution is 5.56. The Morgan fingerprint density at radius 1 is 1.57 bits per heavy atom. The van der Waals surface area contributed by atoms with E-state index in [0.717, 1.165) is 18.2 Å². The fraction of sp³-hybridized carbons (Fsp3) is 0.125. The molecule has 0 bridgehead atoms. The minimum atomic E-state index is -0.781. The first kappa shape index (κ1) is 10.0. The molecule has 72 valence electrons. The zero-order chi connectivity index (χ0) is 10.7. The molecule has 0 aromatic heterocycles. The second-order valence-electron chi connectivity index (χ2n) is 2.55. The number of aryl methyl sites for hydroxylation is 1. The van der Waals surface area contributed by atoms with Gasteiger partial charge in [-0.15, -0.1) is 0 Å². The highest BCUT2D eigenvalue weighted by atomic mass is 19.1. The number of benzene rings is 1. The average Bonchev–Trinajstić information content (AvgIpc) is 2.09. The number of rotatable bonds is 2. The third-order valence-corrected chi connectivity index (χ3v) is 1.63. The summed E-state index contributed by atoms with van der Waals surface area (Å²) in [5, 5.41) is 10.4. The smallest absolute Gasteiger partial charge is 0.258 e. The Hall–Kier alpha value is -2.07. The van der Waals surface area contributed by atoms with Crippen molar-refractivity contribution in [2.45, 2.75) is 6.92 Å². The molecule has 0 amide bonds. The van der Waals surface area contributed by atoms with Gasteiger partial charge in [0.2, 0.25) is 6.08 Å². The molecular formula is C8H5FN2O3. The molecule has 0 radical (unpaired) electrons. The summed E-state index contributed by atoms with van der Waals surface area (Å²) in [7, 11) is 0. The molecule has 5 nitrogen and oxygen atoms in total. The van der Waals surface area contributed by atoms with Crippen molar-refractivity contribution in [1.29, 1.82) is 0 Å². The second kappa shape index (κ2) is 3.76. The third kappa shape index (κ3) is 1.81. The Morgan fingerprint density at radius 3 is 2.71 bits per heavy atom. The summed E-state index contributed by atoms with van der Waals surface area (Å²) in [5.41, 5.74) is -0.477. The lowest BCUT2D eigenvalue weighted by Crippen LogP contribution is -1.92. The Kier molecular flexibility index (Phi) is 2.69. The second-order valence-corrected chi connectivity index (χ2v) is 2.55. The average molecular weight is 196 g/mol. The quantitative estimate of drug-likeness (QED) is 0.314. The van der Waals surface area contributed by atoms with Gasteiger partial charge in [-0.25, -0.2) is 9.18 Å². The van der Waals surface area contributed by atoms with Gasteiger partial charge in [0.1, 0.15) is 5.69 Å². The number of carbonyl (C=O) groups excluding carboxylic acids is 1. The van der Waals surface area contributed by atoms with E-state index in [0.29, 0.717) is 0 Å². The molecule has 0 spiro atoms. The summed E-state index contributed by atoms with van der Waals surface area (Å²) in [6.07, 6.45) is 1.12. The molecular weight excluding hydrogens is 191 g/mol. The zero-order valence-corrected chi connectivity index (χ0v) is 7.15. The number of isocyanates is 1. The van der Waals surface area contributed by atoms with Crippen molar-refractivity contribution in [3.8, 4) is 0 Å². The van der Waals surface area contributed by atoms with Gasteiger partial charge >= 0.3 is 0 Å². The van der Waals surface area contributed by atoms with Gasteiger partial charge in [0.05, 0.1) is 4.92 Å². The van der Waals surface area contributed by atoms with Gasteiger partial charge in [-0.05, 0) is 13.0 Å². The molecule has 0 atom stereocenters. The van der Waals surface area contributed by atoms with Gasteiger partial charge in [0.25, 0.3) is 5.69 Å². The summed E-state index contributed by atoms with van der Waals surface area (Å²) < 4.78 is 13.0. The maximum Gasteiger partial charge on any atom is 0.274 e. The predicted octanol–water partition coefficient (Wildman–Crippen LogP) is 2.01. The third-order valence-electron chi connectivity index (χ3n) is 1.63. The fourth-order valence-corrected chi connectivity index (χ4v) is 0.982. The molecule has 0 heterocycles. The van der Waals surface area contributed by atoms with Gasteiger partial charge in [-0.3, -0.25) is 10.1 Å². The highest BCUT2D eigenvalue weighted by Crippen LogP contribution is 2.27. The number of nitrogens with zero attached hydrogens (tertiary/aromatic N) is 2. The molecule has 0 aliphatic heterocycles. The zero-order valence-electron chi connectivity index (χ0n) is 7.15. The molecule has 0 saturated carbocycles. The molecule has 0 N–H and O–H groups in total. The van der Waals surface area contributed by atoms with E-state index >= 15 is 0 Å². The van der Waals surface area contributed by atoms with Gasteiger partial charge in [-0.2, -0.15) is 4.99 Å². The van der Waals surface area contributed by atoms with E-state index < -0.39 is 10.7 Å². The Morgan fingerprint density at radius 2 is 2.21 bits per heavy atom. The Labute approximate surface area is 78.0 Å². The first-order valence-electron chi connectivity index (χ1n) is 3.58. The Bertz CT molecular complexity index is 415. The lowest BCUT2D eigenvalue weighted by molar-refractivity contribution is -0.385. The molecule has 0 saturated heterocycles. The van der Waals surface area contributed by atoms with Crippen molar-refractivity contribution in [1.82, 2.24) is 0 Å². The molecule has 1 aromatic rings. The number of nitro groups is 1. The summed E-state index contributed by atoms with van der Waals surface area (Å²) in [6, 6.07) is 1.85. The maximum absolute atomic E-state index is 13.0. The molecule has 1 aromatic carbocycles. The van der Waals surface area contributed by atoms with Gasteiger partial charge in [-0.1, -0.05) is 0 Å². The first-order chi connectivity index (χ1) is 6.56. The van der Waals surface area contributed by atoms with Gasteiger partial charge < -0.3 is 0 Å². The van der Waals surface area contributed by atoms with Crippen molar-refractivity contribution in [2.75, 3.05) is 0 Å². The van der Waals surface area contributed by atoms with Crippen LogP contribution in [-0.4, -0.2) is 11.0 Å². The fourth-order valence-electron chi connectivity index (χ4n) is 0.982. The largest absolute Gasteiger partial charge is 0.274 e. The summed E-state index contributed by atoms with van der Waals surface area (Å²) in [5.74, 6) is -0.781. The number of halogens is 1. The molecule has 6 heteroatoms. The van der Waals surface area contributed by atoms with E-state index in [1.54, 1.807) is 0 Å². The highest BCUT2D eigenvalue weighted by Gasteiger charge is 2.14. The minimum Gasteiger partial charge on any atom is -0.258 e. The van der Waals surface area contributed by atoms with E-state index in [-0.39, 0.29) is 16.9 Å². The normalized spacial score (nSPS) is 9.29. The first-order valence-corrected chi connectivity index (χ1v) is 3.58. The number of hydrogen-bond donors (Lipinski definition) is 0. The van der Waals surface area contributed by atoms with Crippen LogP contribution >= 0.6 is 0 Å². The SMILES string of the molecule is Cc1cc(F)c(N=C=O)cc1[N+](=O)[O-]. The van der Waals surface area contributed by atoms with E-state index in [9.17, 15) is 19.3 Å². The van der Waals surface area contributed by atoms with Crippen LogP contribution in [-0.2, 0) is 4.79 Å². The van der Waals surface area contributed by atoms with Crippen LogP contribution in [0.15, 0.2) is 17.1 Å². The van der Waals surface area contributed by atoms with Crippen molar-refractivity contribution >= 4 is 17.5 Å². The van der Waals surface area contributed by atoms with Gasteiger partial charge in [0.15, 0.2) is 5.82 Å². The minimum absolute atomic E-state index is 0.178. The van der Waals surface area contributed by atoms with Crippen molar-refractivity contribution in [3.05, 3.63) is 33.6 Å². The van der Waals surface area contributed by atoms with E-state index in [2.05, 4.69) is 4.99 Å². The van der Waals surface area contributed by atoms with Crippen LogP contribution < -0.4 is 0 Å². The van der Waals surface area contributed by atoms with Crippen LogP contribution in [0.4, 0.5) is 15.8 Å². The van der Waals surface area contributed by atoms with Crippen molar-refractivity contribution < 1.29 is 14.1 Å². The van der Waals surface area contributed by atoms with Crippen LogP contribution in [0.1, 0.15) is 5.56 Å². The molecule has 14 heavy (non-hydrogen) atoms. The van der Waals surface area contributed by atoms with Crippen LogP contribution in [0.3, 0.4) is 0 Å². The summed E-state index contributed by atoms with van der Waals surface area (Å²) in [6.45, 7) is 1.40. The lowest BCUT2D eigenvalue weighted by atomic mass is 10.2. The van der Waals surface area contributed by atoms with Crippen molar-refractivity contribution in [3.63, 3.8) is 0 Å². The van der Waals surface area contributed by atoms with Gasteiger partial charge in [0, 0.05) is 11.6 Å². The molecule has 1 rings (SSSR count). The van der Waals surface area contributed by atoms with E-state index in [1.165, 1.54) is 6.92 Å². The predicted molar refractivity (Wildman–Crippen MR) is 45.6 cm³/mol. The van der Waals surface area contributed by atoms with Crippen LogP contribution in [0.2, 0.25) is 0 Å². The standard InChI is InChI=1S/C8H5FN2O3/c1-5-2-6(9)7(10-4-12)3-8(5)11(13)14/h2-3H,1H3. The molecule has 0 fully saturated rings. The Balaban J connectivity index is 3.41. The number of nitro benzene ring substituents is 1.